The number of urea groups is 1. The molecule has 0 fully saturated rings. The lowest BCUT2D eigenvalue weighted by atomic mass is 10.00. The third-order valence-electron chi connectivity index (χ3n) is 3.99. The smallest absolute Gasteiger partial charge is 0.315 e. The van der Waals surface area contributed by atoms with Crippen molar-refractivity contribution in [2.45, 2.75) is 12.5 Å². The van der Waals surface area contributed by atoms with Gasteiger partial charge < -0.3 is 10.6 Å². The van der Waals surface area contributed by atoms with E-state index < -0.39 is 0 Å². The molecule has 3 aromatic rings. The van der Waals surface area contributed by atoms with Gasteiger partial charge >= 0.3 is 6.03 Å². The van der Waals surface area contributed by atoms with Crippen LogP contribution in [0, 0.1) is 0 Å². The Morgan fingerprint density at radius 2 is 1.44 bits per heavy atom. The van der Waals surface area contributed by atoms with E-state index in [0.29, 0.717) is 6.54 Å². The molecule has 1 unspecified atom stereocenters. The van der Waals surface area contributed by atoms with Gasteiger partial charge in [-0.1, -0.05) is 60.7 Å². The molecule has 0 saturated heterocycles. The van der Waals surface area contributed by atoms with Crippen molar-refractivity contribution in [1.82, 2.24) is 15.6 Å². The first kappa shape index (κ1) is 16.7. The van der Waals surface area contributed by atoms with Crippen molar-refractivity contribution in [2.75, 3.05) is 6.54 Å². The van der Waals surface area contributed by atoms with Gasteiger partial charge in [0.05, 0.1) is 6.04 Å². The largest absolute Gasteiger partial charge is 0.338 e. The van der Waals surface area contributed by atoms with E-state index in [1.807, 2.05) is 60.7 Å². The first-order valence-corrected chi connectivity index (χ1v) is 8.36. The summed E-state index contributed by atoms with van der Waals surface area (Å²) in [5, 5.41) is 5.99. The molecule has 0 aliphatic heterocycles. The third-order valence-corrected chi connectivity index (χ3v) is 3.99. The summed E-state index contributed by atoms with van der Waals surface area (Å²) in [6.45, 7) is 0.591. The Labute approximate surface area is 147 Å². The van der Waals surface area contributed by atoms with E-state index >= 15 is 0 Å². The lowest BCUT2D eigenvalue weighted by Crippen LogP contribution is -2.39. The minimum absolute atomic E-state index is 0.179. The van der Waals surface area contributed by atoms with E-state index in [1.165, 1.54) is 5.56 Å². The topological polar surface area (TPSA) is 54.0 Å². The van der Waals surface area contributed by atoms with Gasteiger partial charge in [0.25, 0.3) is 0 Å². The van der Waals surface area contributed by atoms with Gasteiger partial charge in [-0.2, -0.15) is 0 Å². The van der Waals surface area contributed by atoms with Gasteiger partial charge in [0.1, 0.15) is 0 Å². The molecular formula is C21H21N3O. The second-order valence-corrected chi connectivity index (χ2v) is 5.76. The highest BCUT2D eigenvalue weighted by molar-refractivity contribution is 5.75. The molecular weight excluding hydrogens is 310 g/mol. The number of benzene rings is 2. The number of aromatic nitrogens is 1. The molecule has 0 radical (unpaired) electrons. The van der Waals surface area contributed by atoms with E-state index in [9.17, 15) is 4.79 Å². The Kier molecular flexibility index (Phi) is 5.77. The summed E-state index contributed by atoms with van der Waals surface area (Å²) in [5.41, 5.74) is 3.24. The van der Waals surface area contributed by atoms with Crippen LogP contribution in [0.15, 0.2) is 85.2 Å². The number of nitrogens with one attached hydrogen (secondary N) is 2. The molecule has 25 heavy (non-hydrogen) atoms. The molecule has 2 aromatic carbocycles. The van der Waals surface area contributed by atoms with Crippen LogP contribution in [0.25, 0.3) is 0 Å². The summed E-state index contributed by atoms with van der Waals surface area (Å²) >= 11 is 0. The zero-order valence-electron chi connectivity index (χ0n) is 13.9. The van der Waals surface area contributed by atoms with Gasteiger partial charge in [-0.05, 0) is 35.2 Å². The van der Waals surface area contributed by atoms with Crippen LogP contribution in [-0.4, -0.2) is 17.6 Å². The Morgan fingerprint density at radius 1 is 0.840 bits per heavy atom. The summed E-state index contributed by atoms with van der Waals surface area (Å²) in [6, 6.07) is 23.5. The van der Waals surface area contributed by atoms with Crippen molar-refractivity contribution < 1.29 is 4.79 Å². The van der Waals surface area contributed by atoms with Crippen LogP contribution in [0.3, 0.4) is 0 Å². The van der Waals surface area contributed by atoms with Crippen LogP contribution in [0.5, 0.6) is 0 Å². The minimum Gasteiger partial charge on any atom is -0.338 e. The van der Waals surface area contributed by atoms with Gasteiger partial charge in [-0.3, -0.25) is 4.98 Å². The normalized spacial score (nSPS) is 11.5. The van der Waals surface area contributed by atoms with Crippen molar-refractivity contribution in [3.05, 3.63) is 102 Å². The van der Waals surface area contributed by atoms with E-state index in [0.717, 1.165) is 17.5 Å². The molecule has 4 heteroatoms. The van der Waals surface area contributed by atoms with E-state index in [2.05, 4.69) is 27.8 Å². The minimum atomic E-state index is -0.207. The number of nitrogens with zero attached hydrogens (tertiary/aromatic N) is 1. The number of amides is 2. The summed E-state index contributed by atoms with van der Waals surface area (Å²) in [7, 11) is 0. The van der Waals surface area contributed by atoms with Crippen molar-refractivity contribution >= 4 is 6.03 Å². The fraction of sp³-hybridized carbons (Fsp3) is 0.143. The highest BCUT2D eigenvalue weighted by Crippen LogP contribution is 2.21. The maximum absolute atomic E-state index is 12.4. The molecule has 0 bridgehead atoms. The molecule has 4 nitrogen and oxygen atoms in total. The molecule has 2 N–H and O–H groups in total. The predicted octanol–water partition coefficient (Wildman–Crippen LogP) is 3.71. The van der Waals surface area contributed by atoms with Gasteiger partial charge in [-0.25, -0.2) is 4.79 Å². The Morgan fingerprint density at radius 3 is 2.12 bits per heavy atom. The Bertz CT molecular complexity index is 737. The number of carbonyl (C=O) groups excluding carboxylic acids is 1. The van der Waals surface area contributed by atoms with Crippen LogP contribution in [0.1, 0.15) is 22.7 Å². The molecule has 2 amide bonds. The molecule has 0 saturated carbocycles. The number of rotatable bonds is 6. The van der Waals surface area contributed by atoms with E-state index in [-0.39, 0.29) is 12.1 Å². The fourth-order valence-electron chi connectivity index (χ4n) is 2.71. The average molecular weight is 331 g/mol. The number of hydrogen-bond acceptors (Lipinski definition) is 2. The number of carbonyl (C=O) groups is 1. The van der Waals surface area contributed by atoms with Crippen LogP contribution in [0.4, 0.5) is 4.79 Å². The van der Waals surface area contributed by atoms with E-state index in [1.54, 1.807) is 12.4 Å². The molecule has 3 rings (SSSR count). The highest BCUT2D eigenvalue weighted by atomic mass is 16.2. The van der Waals surface area contributed by atoms with Gasteiger partial charge in [0.15, 0.2) is 0 Å². The molecule has 1 heterocycles. The zero-order chi connectivity index (χ0) is 17.3. The van der Waals surface area contributed by atoms with Crippen LogP contribution >= 0.6 is 0 Å². The zero-order valence-corrected chi connectivity index (χ0v) is 13.9. The lowest BCUT2D eigenvalue weighted by molar-refractivity contribution is 0.239. The van der Waals surface area contributed by atoms with Crippen LogP contribution in [0.2, 0.25) is 0 Å². The molecule has 1 atom stereocenters. The molecule has 0 spiro atoms. The van der Waals surface area contributed by atoms with E-state index in [4.69, 9.17) is 0 Å². The second-order valence-electron chi connectivity index (χ2n) is 5.76. The maximum Gasteiger partial charge on any atom is 0.315 e. The van der Waals surface area contributed by atoms with Crippen molar-refractivity contribution in [3.63, 3.8) is 0 Å². The molecule has 0 aliphatic rings. The monoisotopic (exact) mass is 331 g/mol. The average Bonchev–Trinajstić information content (AvgIpc) is 2.68. The predicted molar refractivity (Wildman–Crippen MR) is 99.2 cm³/mol. The van der Waals surface area contributed by atoms with Crippen LogP contribution in [-0.2, 0) is 6.42 Å². The molecule has 126 valence electrons. The Balaban J connectivity index is 1.63. The maximum atomic E-state index is 12.4. The lowest BCUT2D eigenvalue weighted by Gasteiger charge is -2.20. The quantitative estimate of drug-likeness (QED) is 0.723. The Hall–Kier alpha value is -3.14. The first-order chi connectivity index (χ1) is 12.3. The van der Waals surface area contributed by atoms with Crippen molar-refractivity contribution in [3.8, 4) is 0 Å². The number of pyridine rings is 1. The summed E-state index contributed by atoms with van der Waals surface area (Å²) < 4.78 is 0. The first-order valence-electron chi connectivity index (χ1n) is 8.36. The second kappa shape index (κ2) is 8.64. The summed E-state index contributed by atoms with van der Waals surface area (Å²) in [5.74, 6) is 0. The SMILES string of the molecule is O=C(NCCc1ccccc1)NC(c1ccccc1)c1ccncc1. The third kappa shape index (κ3) is 4.91. The van der Waals surface area contributed by atoms with Gasteiger partial charge in [-0.15, -0.1) is 0 Å². The molecule has 0 aliphatic carbocycles. The van der Waals surface area contributed by atoms with Crippen molar-refractivity contribution in [2.24, 2.45) is 0 Å². The van der Waals surface area contributed by atoms with Gasteiger partial charge in [0.2, 0.25) is 0 Å². The molecule has 1 aromatic heterocycles. The summed E-state index contributed by atoms with van der Waals surface area (Å²) in [4.78, 5) is 16.4. The highest BCUT2D eigenvalue weighted by Gasteiger charge is 2.16. The fourth-order valence-corrected chi connectivity index (χ4v) is 2.71. The summed E-state index contributed by atoms with van der Waals surface area (Å²) in [6.07, 6.45) is 4.28. The number of hydrogen-bond donors (Lipinski definition) is 2. The standard InChI is InChI=1S/C21H21N3O/c25-21(23-16-11-17-7-3-1-4-8-17)24-20(18-9-5-2-6-10-18)19-12-14-22-15-13-19/h1-10,12-15,20H,11,16H2,(H2,23,24,25). The van der Waals surface area contributed by atoms with Crippen molar-refractivity contribution in [1.29, 1.82) is 0 Å². The van der Waals surface area contributed by atoms with Crippen LogP contribution < -0.4 is 10.6 Å². The van der Waals surface area contributed by atoms with Gasteiger partial charge in [0, 0.05) is 18.9 Å².